The molecule has 0 saturated heterocycles. The first-order chi connectivity index (χ1) is 19.5. The monoisotopic (exact) mass is 538 g/mol. The first-order valence-electron chi connectivity index (χ1n) is 12.3. The number of aromatic nitrogens is 2. The summed E-state index contributed by atoms with van der Waals surface area (Å²) in [5.74, 6) is 1.05. The number of nitrogens with one attached hydrogen (secondary N) is 1. The predicted octanol–water partition coefficient (Wildman–Crippen LogP) is 7.52. The van der Waals surface area contributed by atoms with Crippen molar-refractivity contribution in [2.45, 2.75) is 0 Å². The molecule has 6 nitrogen and oxygen atoms in total. The van der Waals surface area contributed by atoms with E-state index < -0.39 is 0 Å². The van der Waals surface area contributed by atoms with Crippen LogP contribution in [0.25, 0.3) is 44.3 Å². The Hall–Kier alpha value is -5.24. The van der Waals surface area contributed by atoms with Crippen molar-refractivity contribution in [3.8, 4) is 39.8 Å². The van der Waals surface area contributed by atoms with Gasteiger partial charge in [0.05, 0.1) is 30.9 Å². The zero-order valence-corrected chi connectivity index (χ0v) is 21.7. The maximum absolute atomic E-state index is 13.0. The molecule has 40 heavy (non-hydrogen) atoms. The molecule has 0 bridgehead atoms. The van der Waals surface area contributed by atoms with Gasteiger partial charge in [0.15, 0.2) is 11.2 Å². The van der Waals surface area contributed by atoms with Crippen LogP contribution in [0.15, 0.2) is 108 Å². The molecule has 4 aromatic carbocycles. The van der Waals surface area contributed by atoms with Crippen LogP contribution >= 0.6 is 0 Å². The van der Waals surface area contributed by atoms with Crippen molar-refractivity contribution in [2.24, 2.45) is 0 Å². The van der Waals surface area contributed by atoms with Crippen molar-refractivity contribution in [1.82, 2.24) is 9.97 Å². The Balaban J connectivity index is 0.000000162. The van der Waals surface area contributed by atoms with Crippen LogP contribution in [-0.4, -0.2) is 24.2 Å². The molecule has 2 heterocycles. The maximum atomic E-state index is 13.0. The van der Waals surface area contributed by atoms with Gasteiger partial charge in [-0.3, -0.25) is 9.74 Å². The number of nitrogens with zero attached hydrogens (tertiary/aromatic N) is 1. The minimum atomic E-state index is -0.344. The lowest BCUT2D eigenvalue weighted by Gasteiger charge is -2.08. The fourth-order valence-electron chi connectivity index (χ4n) is 4.27. The van der Waals surface area contributed by atoms with Crippen LogP contribution in [0.3, 0.4) is 0 Å². The third kappa shape index (κ3) is 5.61. The number of hydrogen-bond acceptors (Lipinski definition) is 5. The summed E-state index contributed by atoms with van der Waals surface area (Å²) < 4.78 is 36.1. The Morgan fingerprint density at radius 1 is 0.725 bits per heavy atom. The Labute approximate surface area is 228 Å². The summed E-state index contributed by atoms with van der Waals surface area (Å²) in [5.41, 5.74) is 4.28. The molecule has 200 valence electrons. The lowest BCUT2D eigenvalue weighted by Crippen LogP contribution is -2.03. The molecule has 0 fully saturated rings. The van der Waals surface area contributed by atoms with E-state index in [0.29, 0.717) is 33.3 Å². The van der Waals surface area contributed by atoms with Gasteiger partial charge in [-0.05, 0) is 54.1 Å². The molecule has 0 aliphatic heterocycles. The zero-order valence-electron chi connectivity index (χ0n) is 21.7. The topological polar surface area (TPSA) is 73.4 Å². The van der Waals surface area contributed by atoms with Gasteiger partial charge in [0, 0.05) is 50.8 Å². The van der Waals surface area contributed by atoms with Gasteiger partial charge < -0.3 is 14.5 Å². The molecule has 0 radical (unpaired) electrons. The van der Waals surface area contributed by atoms with E-state index in [-0.39, 0.29) is 17.0 Å². The van der Waals surface area contributed by atoms with Gasteiger partial charge in [-0.2, -0.15) is 0 Å². The molecule has 2 aromatic heterocycles. The van der Waals surface area contributed by atoms with Gasteiger partial charge in [0.1, 0.15) is 17.3 Å². The van der Waals surface area contributed by atoms with E-state index in [2.05, 4.69) is 14.9 Å². The lowest BCUT2D eigenvalue weighted by molar-refractivity contribution is -0.00424. The lowest BCUT2D eigenvalue weighted by atomic mass is 10.1. The second-order valence-electron chi connectivity index (χ2n) is 8.80. The van der Waals surface area contributed by atoms with Gasteiger partial charge in [0.2, 0.25) is 0 Å². The van der Waals surface area contributed by atoms with Gasteiger partial charge >= 0.3 is 0 Å². The number of methoxy groups -OCH3 is 2. The van der Waals surface area contributed by atoms with Crippen LogP contribution in [0.1, 0.15) is 0 Å². The summed E-state index contributed by atoms with van der Waals surface area (Å²) in [7, 11) is 3.15. The standard InChI is InChI=1S/C16H11F2NO2.C16H13NO2/c1-20-12-6-7-13-15(8-12)19-14(9-16(13)21-18)10-2-4-11(17)5-3-10;1-19-12-7-8-13-15(9-12)17-14(10-16(13)18)11-5-3-2-4-6-11/h2-9H,1H3;2-10H,1H3,(H,17,18). The molecule has 1 N–H and O–H groups in total. The summed E-state index contributed by atoms with van der Waals surface area (Å²) in [5, 5.41) is 1.20. The molecule has 0 spiro atoms. The van der Waals surface area contributed by atoms with Crippen molar-refractivity contribution < 1.29 is 23.3 Å². The summed E-state index contributed by atoms with van der Waals surface area (Å²) in [6, 6.07) is 29.1. The fourth-order valence-corrected chi connectivity index (χ4v) is 4.27. The van der Waals surface area contributed by atoms with Gasteiger partial charge in [-0.25, -0.2) is 9.37 Å². The Kier molecular flexibility index (Phi) is 7.68. The minimum absolute atomic E-state index is 0.00950. The molecule has 0 atom stereocenters. The van der Waals surface area contributed by atoms with Crippen molar-refractivity contribution in [2.75, 3.05) is 14.2 Å². The Bertz CT molecular complexity index is 1840. The van der Waals surface area contributed by atoms with E-state index in [0.717, 1.165) is 22.5 Å². The Morgan fingerprint density at radius 3 is 2.08 bits per heavy atom. The minimum Gasteiger partial charge on any atom is -0.497 e. The molecule has 6 aromatic rings. The smallest absolute Gasteiger partial charge is 0.190 e. The highest BCUT2D eigenvalue weighted by Crippen LogP contribution is 2.32. The highest BCUT2D eigenvalue weighted by Gasteiger charge is 2.11. The largest absolute Gasteiger partial charge is 0.497 e. The van der Waals surface area contributed by atoms with E-state index in [1.54, 1.807) is 55.6 Å². The SMILES string of the molecule is COc1ccc2c(=O)cc(-c3ccccc3)[nH]c2c1.COc1ccc2c(OF)cc(-c3ccc(F)cc3)nc2c1. The van der Waals surface area contributed by atoms with E-state index >= 15 is 0 Å². The molecule has 6 rings (SSSR count). The summed E-state index contributed by atoms with van der Waals surface area (Å²) in [6.07, 6.45) is 0. The molecular weight excluding hydrogens is 514 g/mol. The number of benzene rings is 4. The van der Waals surface area contributed by atoms with E-state index in [1.807, 2.05) is 36.4 Å². The van der Waals surface area contributed by atoms with Crippen molar-refractivity contribution >= 4 is 21.8 Å². The highest BCUT2D eigenvalue weighted by molar-refractivity contribution is 5.89. The highest BCUT2D eigenvalue weighted by atomic mass is 19.3. The van der Waals surface area contributed by atoms with Gasteiger partial charge in [-0.1, -0.05) is 30.3 Å². The van der Waals surface area contributed by atoms with Crippen LogP contribution in [0.2, 0.25) is 0 Å². The number of hydrogen-bond donors (Lipinski definition) is 1. The van der Waals surface area contributed by atoms with Crippen LogP contribution < -0.4 is 19.8 Å². The summed E-state index contributed by atoms with van der Waals surface area (Å²) >= 11 is 0. The van der Waals surface area contributed by atoms with E-state index in [4.69, 9.17) is 9.47 Å². The van der Waals surface area contributed by atoms with Crippen molar-refractivity contribution in [1.29, 1.82) is 0 Å². The van der Waals surface area contributed by atoms with Crippen molar-refractivity contribution in [3.63, 3.8) is 0 Å². The van der Waals surface area contributed by atoms with Crippen LogP contribution in [0.4, 0.5) is 8.92 Å². The summed E-state index contributed by atoms with van der Waals surface area (Å²) in [6.45, 7) is 0. The molecule has 0 aliphatic carbocycles. The number of H-pyrrole nitrogens is 1. The number of pyridine rings is 2. The second kappa shape index (κ2) is 11.7. The average molecular weight is 539 g/mol. The number of aromatic amines is 1. The third-order valence-corrected chi connectivity index (χ3v) is 6.32. The maximum Gasteiger partial charge on any atom is 0.190 e. The normalized spacial score (nSPS) is 10.6. The van der Waals surface area contributed by atoms with Gasteiger partial charge in [-0.15, -0.1) is 0 Å². The molecular formula is C32H24F2N2O4. The first kappa shape index (κ1) is 26.4. The molecule has 0 aliphatic rings. The predicted molar refractivity (Wildman–Crippen MR) is 152 cm³/mol. The first-order valence-corrected chi connectivity index (χ1v) is 12.3. The number of fused-ring (bicyclic) bond motifs is 2. The molecule has 8 heteroatoms. The van der Waals surface area contributed by atoms with Gasteiger partial charge in [0.25, 0.3) is 0 Å². The van der Waals surface area contributed by atoms with E-state index in [1.165, 1.54) is 25.3 Å². The third-order valence-electron chi connectivity index (χ3n) is 6.32. The number of ether oxygens (including phenoxy) is 2. The molecule has 0 amide bonds. The van der Waals surface area contributed by atoms with Crippen LogP contribution in [-0.2, 0) is 0 Å². The fraction of sp³-hybridized carbons (Fsp3) is 0.0625. The van der Waals surface area contributed by atoms with E-state index in [9.17, 15) is 13.7 Å². The molecule has 0 saturated carbocycles. The van der Waals surface area contributed by atoms with Crippen LogP contribution in [0, 0.1) is 5.82 Å². The summed E-state index contributed by atoms with van der Waals surface area (Å²) in [4.78, 5) is 23.8. The zero-order chi connectivity index (χ0) is 28.1. The van der Waals surface area contributed by atoms with Crippen LogP contribution in [0.5, 0.6) is 17.2 Å². The average Bonchev–Trinajstić information content (AvgIpc) is 3.00. The molecule has 0 unspecified atom stereocenters. The number of rotatable bonds is 5. The quantitative estimate of drug-likeness (QED) is 0.246. The number of halogens is 2. The second-order valence-corrected chi connectivity index (χ2v) is 8.80. The van der Waals surface area contributed by atoms with Crippen molar-refractivity contribution in [3.05, 3.63) is 119 Å². The Morgan fingerprint density at radius 2 is 1.40 bits per heavy atom.